The first-order chi connectivity index (χ1) is 9.54. The smallest absolute Gasteiger partial charge is 0.306 e. The number of H-pyrrole nitrogens is 2. The molecule has 0 amide bonds. The lowest BCUT2D eigenvalue weighted by Gasteiger charge is -2.14. The number of benzene rings is 2. The number of alkyl halides is 1. The number of aryl methyl sites for hydroxylation is 2. The van der Waals surface area contributed by atoms with Gasteiger partial charge < -0.3 is 9.97 Å². The summed E-state index contributed by atoms with van der Waals surface area (Å²) in [5.74, 6) is 0. The fourth-order valence-electron chi connectivity index (χ4n) is 2.42. The molecule has 2 aromatic carbocycles. The van der Waals surface area contributed by atoms with Crippen LogP contribution in [0.3, 0.4) is 0 Å². The predicted molar refractivity (Wildman–Crippen MR) is 82.5 cm³/mol. The molecular weight excluding hydrogens is 272 g/mol. The van der Waals surface area contributed by atoms with E-state index >= 15 is 0 Å². The van der Waals surface area contributed by atoms with Crippen LogP contribution >= 0.6 is 11.6 Å². The maximum Gasteiger partial charge on any atom is 0.323 e. The van der Waals surface area contributed by atoms with Gasteiger partial charge in [0.2, 0.25) is 0 Å². The summed E-state index contributed by atoms with van der Waals surface area (Å²) in [6, 6.07) is 12.0. The molecule has 1 aromatic heterocycles. The molecule has 3 aromatic rings. The van der Waals surface area contributed by atoms with Crippen LogP contribution in [0.1, 0.15) is 27.6 Å². The van der Waals surface area contributed by atoms with Crippen molar-refractivity contribution in [2.45, 2.75) is 19.2 Å². The van der Waals surface area contributed by atoms with Gasteiger partial charge in [-0.25, -0.2) is 4.79 Å². The Kier molecular flexibility index (Phi) is 3.14. The van der Waals surface area contributed by atoms with Crippen LogP contribution in [-0.4, -0.2) is 9.97 Å². The fraction of sp³-hybridized carbons (Fsp3) is 0.188. The number of halogens is 1. The second kappa shape index (κ2) is 4.84. The van der Waals surface area contributed by atoms with Gasteiger partial charge in [0.25, 0.3) is 0 Å². The third-order valence-corrected chi connectivity index (χ3v) is 4.03. The van der Waals surface area contributed by atoms with E-state index in [9.17, 15) is 4.79 Å². The first-order valence-electron chi connectivity index (χ1n) is 6.48. The van der Waals surface area contributed by atoms with E-state index in [4.69, 9.17) is 11.6 Å². The zero-order valence-electron chi connectivity index (χ0n) is 11.3. The van der Waals surface area contributed by atoms with E-state index in [0.717, 1.165) is 22.2 Å². The minimum Gasteiger partial charge on any atom is -0.306 e. The standard InChI is InChI=1S/C16H15ClN2O/c1-9-3-4-10(2)12(7-9)15(17)11-5-6-13-14(8-11)19-16(20)18-13/h3-8,15H,1-2H3,(H2,18,19,20). The molecule has 2 N–H and O–H groups in total. The van der Waals surface area contributed by atoms with Crippen LogP contribution in [0.2, 0.25) is 0 Å². The molecule has 0 bridgehead atoms. The van der Waals surface area contributed by atoms with Gasteiger partial charge in [0.15, 0.2) is 0 Å². The average Bonchev–Trinajstić information content (AvgIpc) is 2.79. The molecule has 1 unspecified atom stereocenters. The number of aromatic nitrogens is 2. The van der Waals surface area contributed by atoms with E-state index in [-0.39, 0.29) is 11.1 Å². The normalized spacial score (nSPS) is 12.8. The molecule has 0 saturated carbocycles. The fourth-order valence-corrected chi connectivity index (χ4v) is 2.79. The Morgan fingerprint density at radius 1 is 1.00 bits per heavy atom. The Balaban J connectivity index is 2.09. The Hall–Kier alpha value is -2.00. The number of hydrogen-bond acceptors (Lipinski definition) is 1. The van der Waals surface area contributed by atoms with Crippen LogP contribution in [0, 0.1) is 13.8 Å². The lowest BCUT2D eigenvalue weighted by atomic mass is 9.98. The molecule has 0 fully saturated rings. The van der Waals surface area contributed by atoms with Crippen molar-refractivity contribution >= 4 is 22.6 Å². The molecule has 0 spiro atoms. The van der Waals surface area contributed by atoms with Gasteiger partial charge in [0.1, 0.15) is 0 Å². The zero-order chi connectivity index (χ0) is 14.3. The molecule has 0 radical (unpaired) electrons. The Morgan fingerprint density at radius 2 is 1.75 bits per heavy atom. The van der Waals surface area contributed by atoms with E-state index in [1.54, 1.807) is 0 Å². The Morgan fingerprint density at radius 3 is 2.55 bits per heavy atom. The first kappa shape index (κ1) is 13.0. The molecule has 20 heavy (non-hydrogen) atoms. The quantitative estimate of drug-likeness (QED) is 0.692. The summed E-state index contributed by atoms with van der Waals surface area (Å²) >= 11 is 6.61. The minimum atomic E-state index is -0.224. The SMILES string of the molecule is Cc1ccc(C)c(C(Cl)c2ccc3[nH]c(=O)[nH]c3c2)c1. The number of hydrogen-bond donors (Lipinski definition) is 2. The second-order valence-corrected chi connectivity index (χ2v) is 5.54. The highest BCUT2D eigenvalue weighted by Gasteiger charge is 2.14. The van der Waals surface area contributed by atoms with Crippen molar-refractivity contribution in [3.05, 3.63) is 69.1 Å². The molecule has 102 valence electrons. The molecule has 0 aliphatic carbocycles. The largest absolute Gasteiger partial charge is 0.323 e. The van der Waals surface area contributed by atoms with Gasteiger partial charge in [-0.1, -0.05) is 29.8 Å². The molecule has 3 nitrogen and oxygen atoms in total. The molecular formula is C16H15ClN2O. The lowest BCUT2D eigenvalue weighted by Crippen LogP contribution is -1.99. The van der Waals surface area contributed by atoms with Gasteiger partial charge in [-0.2, -0.15) is 0 Å². The van der Waals surface area contributed by atoms with Gasteiger partial charge in [0, 0.05) is 0 Å². The first-order valence-corrected chi connectivity index (χ1v) is 6.91. The van der Waals surface area contributed by atoms with Crippen molar-refractivity contribution in [2.75, 3.05) is 0 Å². The van der Waals surface area contributed by atoms with Crippen molar-refractivity contribution in [1.82, 2.24) is 9.97 Å². The van der Waals surface area contributed by atoms with Gasteiger partial charge in [-0.15, -0.1) is 11.6 Å². The summed E-state index contributed by atoms with van der Waals surface area (Å²) in [5, 5.41) is -0.224. The summed E-state index contributed by atoms with van der Waals surface area (Å²) < 4.78 is 0. The molecule has 0 saturated heterocycles. The predicted octanol–water partition coefficient (Wildman–Crippen LogP) is 3.80. The monoisotopic (exact) mass is 286 g/mol. The Bertz CT molecular complexity index is 832. The zero-order valence-corrected chi connectivity index (χ0v) is 12.1. The van der Waals surface area contributed by atoms with Crippen LogP contribution in [0.5, 0.6) is 0 Å². The van der Waals surface area contributed by atoms with Crippen LogP contribution in [-0.2, 0) is 0 Å². The highest BCUT2D eigenvalue weighted by Crippen LogP contribution is 2.32. The van der Waals surface area contributed by atoms with Crippen molar-refractivity contribution in [3.8, 4) is 0 Å². The summed E-state index contributed by atoms with van der Waals surface area (Å²) in [6.07, 6.45) is 0. The van der Waals surface area contributed by atoms with Crippen molar-refractivity contribution < 1.29 is 0 Å². The van der Waals surface area contributed by atoms with E-state index < -0.39 is 0 Å². The van der Waals surface area contributed by atoms with Gasteiger partial charge >= 0.3 is 5.69 Å². The van der Waals surface area contributed by atoms with E-state index in [0.29, 0.717) is 0 Å². The summed E-state index contributed by atoms with van der Waals surface area (Å²) in [6.45, 7) is 4.11. The Labute approximate surface area is 121 Å². The maximum atomic E-state index is 11.3. The average molecular weight is 287 g/mol. The second-order valence-electron chi connectivity index (χ2n) is 5.11. The van der Waals surface area contributed by atoms with E-state index in [1.165, 1.54) is 11.1 Å². The summed E-state index contributed by atoms with van der Waals surface area (Å²) in [7, 11) is 0. The van der Waals surface area contributed by atoms with Gasteiger partial charge in [-0.05, 0) is 42.7 Å². The third-order valence-electron chi connectivity index (χ3n) is 3.54. The number of nitrogens with one attached hydrogen (secondary N) is 2. The highest BCUT2D eigenvalue weighted by atomic mass is 35.5. The molecule has 3 rings (SSSR count). The van der Waals surface area contributed by atoms with Gasteiger partial charge in [-0.3, -0.25) is 0 Å². The highest BCUT2D eigenvalue weighted by molar-refractivity contribution is 6.22. The number of fused-ring (bicyclic) bond motifs is 1. The van der Waals surface area contributed by atoms with Crippen molar-refractivity contribution in [2.24, 2.45) is 0 Å². The van der Waals surface area contributed by atoms with Crippen molar-refractivity contribution in [3.63, 3.8) is 0 Å². The molecule has 0 aliphatic rings. The van der Waals surface area contributed by atoms with Crippen LogP contribution in [0.4, 0.5) is 0 Å². The maximum absolute atomic E-state index is 11.3. The third kappa shape index (κ3) is 2.25. The van der Waals surface area contributed by atoms with E-state index in [2.05, 4.69) is 42.0 Å². The van der Waals surface area contributed by atoms with Crippen LogP contribution in [0.25, 0.3) is 11.0 Å². The number of imidazole rings is 1. The summed E-state index contributed by atoms with van der Waals surface area (Å²) in [4.78, 5) is 16.8. The van der Waals surface area contributed by atoms with Crippen LogP contribution in [0.15, 0.2) is 41.2 Å². The molecule has 1 atom stereocenters. The minimum absolute atomic E-state index is 0.199. The van der Waals surface area contributed by atoms with E-state index in [1.807, 2.05) is 18.2 Å². The molecule has 1 heterocycles. The number of aromatic amines is 2. The molecule has 0 aliphatic heterocycles. The van der Waals surface area contributed by atoms with Crippen molar-refractivity contribution in [1.29, 1.82) is 0 Å². The number of rotatable bonds is 2. The molecule has 4 heteroatoms. The van der Waals surface area contributed by atoms with Crippen LogP contribution < -0.4 is 5.69 Å². The lowest BCUT2D eigenvalue weighted by molar-refractivity contribution is 1.10. The summed E-state index contributed by atoms with van der Waals surface area (Å²) in [5.41, 5.74) is 5.81. The topological polar surface area (TPSA) is 48.6 Å². The van der Waals surface area contributed by atoms with Gasteiger partial charge in [0.05, 0.1) is 16.4 Å².